The standard InChI is InChI=1S/C32H54/c1-10-32-18-14-23(21(2)3)27(32)24-11-12-26-29(7)16-13-22(4)28(5,6)25(29)15-17-31(26,9)30(24,8)19-20-32/h22-27H,2,10-20H2,1,3-9H3. The van der Waals surface area contributed by atoms with Gasteiger partial charge in [0.05, 0.1) is 0 Å². The fourth-order valence-electron chi connectivity index (χ4n) is 12.1. The molecule has 5 rings (SSSR count). The topological polar surface area (TPSA) is 0 Å². The summed E-state index contributed by atoms with van der Waals surface area (Å²) in [6.07, 6.45) is 16.2. The lowest BCUT2D eigenvalue weighted by molar-refractivity contribution is -0.242. The first kappa shape index (κ1) is 23.5. The van der Waals surface area contributed by atoms with Crippen LogP contribution in [0.5, 0.6) is 0 Å². The smallest absolute Gasteiger partial charge is 0.0172 e. The van der Waals surface area contributed by atoms with Gasteiger partial charge in [0.1, 0.15) is 0 Å². The van der Waals surface area contributed by atoms with E-state index in [2.05, 4.69) is 62.0 Å². The molecule has 32 heavy (non-hydrogen) atoms. The van der Waals surface area contributed by atoms with Gasteiger partial charge in [0, 0.05) is 0 Å². The van der Waals surface area contributed by atoms with Crippen molar-refractivity contribution in [2.75, 3.05) is 0 Å². The molecule has 0 radical (unpaired) electrons. The number of fused-ring (bicyclic) bond motifs is 7. The summed E-state index contributed by atoms with van der Waals surface area (Å²) in [7, 11) is 0. The number of rotatable bonds is 2. The first-order chi connectivity index (χ1) is 14.9. The largest absolute Gasteiger partial charge is 0.0998 e. The maximum Gasteiger partial charge on any atom is -0.0172 e. The molecule has 0 heterocycles. The predicted molar refractivity (Wildman–Crippen MR) is 138 cm³/mol. The summed E-state index contributed by atoms with van der Waals surface area (Å²) in [6, 6.07) is 0. The first-order valence-corrected chi connectivity index (χ1v) is 14.5. The normalized spacial score (nSPS) is 56.5. The third-order valence-corrected chi connectivity index (χ3v) is 14.5. The maximum atomic E-state index is 4.54. The van der Waals surface area contributed by atoms with Crippen molar-refractivity contribution >= 4 is 0 Å². The van der Waals surface area contributed by atoms with E-state index in [0.717, 1.165) is 35.5 Å². The molecule has 0 aromatic carbocycles. The van der Waals surface area contributed by atoms with Gasteiger partial charge in [-0.05, 0) is 134 Å². The Morgan fingerprint density at radius 1 is 0.781 bits per heavy atom. The summed E-state index contributed by atoms with van der Waals surface area (Å²) in [5.74, 6) is 5.37. The maximum absolute atomic E-state index is 4.54. The molecule has 182 valence electrons. The van der Waals surface area contributed by atoms with Crippen LogP contribution in [0.1, 0.15) is 126 Å². The molecule has 5 aliphatic rings. The van der Waals surface area contributed by atoms with Crippen molar-refractivity contribution in [1.82, 2.24) is 0 Å². The second-order valence-corrected chi connectivity index (χ2v) is 15.2. The van der Waals surface area contributed by atoms with Crippen LogP contribution >= 0.6 is 0 Å². The molecule has 0 spiro atoms. The Balaban J connectivity index is 1.55. The number of allylic oxidation sites excluding steroid dienone is 1. The molecule has 0 nitrogen and oxygen atoms in total. The molecule has 0 aliphatic heterocycles. The summed E-state index contributed by atoms with van der Waals surface area (Å²) in [5, 5.41) is 0. The SMILES string of the molecule is C=C(C)C1CCC2(CC)CCC3(C)C(CCC4C5(C)CCC(C)C(C)(C)C5CCC43C)C12. The zero-order chi connectivity index (χ0) is 23.3. The van der Waals surface area contributed by atoms with Crippen molar-refractivity contribution in [2.24, 2.45) is 62.6 Å². The van der Waals surface area contributed by atoms with Gasteiger partial charge in [-0.1, -0.05) is 67.0 Å². The third-order valence-electron chi connectivity index (χ3n) is 14.5. The van der Waals surface area contributed by atoms with Crippen LogP contribution in [0, 0.1) is 62.6 Å². The van der Waals surface area contributed by atoms with Crippen LogP contribution in [0.15, 0.2) is 12.2 Å². The summed E-state index contributed by atoms with van der Waals surface area (Å²) >= 11 is 0. The van der Waals surface area contributed by atoms with Crippen LogP contribution in [-0.2, 0) is 0 Å². The average molecular weight is 439 g/mol. The second kappa shape index (κ2) is 7.13. The van der Waals surface area contributed by atoms with Crippen molar-refractivity contribution in [3.63, 3.8) is 0 Å². The van der Waals surface area contributed by atoms with Crippen LogP contribution in [0.3, 0.4) is 0 Å². The van der Waals surface area contributed by atoms with E-state index >= 15 is 0 Å². The molecule has 5 aliphatic carbocycles. The summed E-state index contributed by atoms with van der Waals surface area (Å²) in [6.45, 7) is 25.6. The molecule has 0 aromatic heterocycles. The summed E-state index contributed by atoms with van der Waals surface area (Å²) < 4.78 is 0. The highest BCUT2D eigenvalue weighted by atomic mass is 14.7. The zero-order valence-corrected chi connectivity index (χ0v) is 22.9. The number of hydrogen-bond acceptors (Lipinski definition) is 0. The van der Waals surface area contributed by atoms with Crippen LogP contribution < -0.4 is 0 Å². The van der Waals surface area contributed by atoms with E-state index in [1.165, 1.54) is 76.2 Å². The Morgan fingerprint density at radius 3 is 2.16 bits per heavy atom. The Hall–Kier alpha value is -0.260. The molecule has 0 saturated heterocycles. The van der Waals surface area contributed by atoms with Crippen molar-refractivity contribution < 1.29 is 0 Å². The Morgan fingerprint density at radius 2 is 1.50 bits per heavy atom. The Kier molecular flexibility index (Phi) is 5.23. The monoisotopic (exact) mass is 438 g/mol. The van der Waals surface area contributed by atoms with Crippen LogP contribution in [-0.4, -0.2) is 0 Å². The van der Waals surface area contributed by atoms with Gasteiger partial charge in [0.15, 0.2) is 0 Å². The molecule has 10 atom stereocenters. The van der Waals surface area contributed by atoms with Gasteiger partial charge in [-0.3, -0.25) is 0 Å². The molecule has 5 saturated carbocycles. The molecule has 0 bridgehead atoms. The van der Waals surface area contributed by atoms with E-state index in [-0.39, 0.29) is 0 Å². The Labute approximate surface area is 200 Å². The van der Waals surface area contributed by atoms with Crippen molar-refractivity contribution in [3.05, 3.63) is 12.2 Å². The van der Waals surface area contributed by atoms with Gasteiger partial charge in [0.25, 0.3) is 0 Å². The van der Waals surface area contributed by atoms with E-state index in [9.17, 15) is 0 Å². The predicted octanol–water partition coefficient (Wildman–Crippen LogP) is 9.69. The summed E-state index contributed by atoms with van der Waals surface area (Å²) in [5.41, 5.74) is 4.24. The molecule has 10 unspecified atom stereocenters. The Bertz CT molecular complexity index is 775. The van der Waals surface area contributed by atoms with E-state index in [1.807, 2.05) is 0 Å². The van der Waals surface area contributed by atoms with Gasteiger partial charge < -0.3 is 0 Å². The van der Waals surface area contributed by atoms with Crippen LogP contribution in [0.25, 0.3) is 0 Å². The lowest BCUT2D eigenvalue weighted by Crippen LogP contribution is -2.66. The van der Waals surface area contributed by atoms with Crippen LogP contribution in [0.4, 0.5) is 0 Å². The number of hydrogen-bond donors (Lipinski definition) is 0. The van der Waals surface area contributed by atoms with E-state index in [4.69, 9.17) is 0 Å². The highest BCUT2D eigenvalue weighted by Gasteiger charge is 2.70. The molecule has 5 fully saturated rings. The molecule has 0 heteroatoms. The van der Waals surface area contributed by atoms with Gasteiger partial charge in [-0.15, -0.1) is 0 Å². The fourth-order valence-corrected chi connectivity index (χ4v) is 12.1. The fraction of sp³-hybridized carbons (Fsp3) is 0.938. The van der Waals surface area contributed by atoms with Gasteiger partial charge in [0.2, 0.25) is 0 Å². The third kappa shape index (κ3) is 2.68. The van der Waals surface area contributed by atoms with Crippen molar-refractivity contribution in [1.29, 1.82) is 0 Å². The average Bonchev–Trinajstić information content (AvgIpc) is 3.12. The van der Waals surface area contributed by atoms with Crippen LogP contribution in [0.2, 0.25) is 0 Å². The minimum Gasteiger partial charge on any atom is -0.0998 e. The molecule has 0 aromatic rings. The van der Waals surface area contributed by atoms with Crippen molar-refractivity contribution in [2.45, 2.75) is 126 Å². The minimum atomic E-state index is 0.506. The van der Waals surface area contributed by atoms with Gasteiger partial charge in [-0.2, -0.15) is 0 Å². The molecule has 0 N–H and O–H groups in total. The highest BCUT2D eigenvalue weighted by molar-refractivity contribution is 5.21. The zero-order valence-electron chi connectivity index (χ0n) is 22.9. The quantitative estimate of drug-likeness (QED) is 0.376. The summed E-state index contributed by atoms with van der Waals surface area (Å²) in [4.78, 5) is 0. The van der Waals surface area contributed by atoms with Gasteiger partial charge in [-0.25, -0.2) is 0 Å². The lowest BCUT2D eigenvalue weighted by atomic mass is 9.32. The molecular formula is C32H54. The molecular weight excluding hydrogens is 384 g/mol. The molecule has 0 amide bonds. The van der Waals surface area contributed by atoms with Gasteiger partial charge >= 0.3 is 0 Å². The highest BCUT2D eigenvalue weighted by Crippen LogP contribution is 2.78. The lowest BCUT2D eigenvalue weighted by Gasteiger charge is -2.73. The first-order valence-electron chi connectivity index (χ1n) is 14.5. The van der Waals surface area contributed by atoms with E-state index < -0.39 is 0 Å². The van der Waals surface area contributed by atoms with Crippen molar-refractivity contribution in [3.8, 4) is 0 Å². The van der Waals surface area contributed by atoms with E-state index in [1.54, 1.807) is 0 Å². The van der Waals surface area contributed by atoms with E-state index in [0.29, 0.717) is 27.1 Å². The second-order valence-electron chi connectivity index (χ2n) is 15.2. The minimum absolute atomic E-state index is 0.506.